The van der Waals surface area contributed by atoms with Crippen LogP contribution in [0.2, 0.25) is 0 Å². The summed E-state index contributed by atoms with van der Waals surface area (Å²) in [4.78, 5) is 13.2. The topological polar surface area (TPSA) is 40.5 Å². The summed E-state index contributed by atoms with van der Waals surface area (Å²) in [6.07, 6.45) is 3.68. The average Bonchev–Trinajstić information content (AvgIpc) is 3.15. The Labute approximate surface area is 102 Å². The smallest absolute Gasteiger partial charge is 0.335 e. The third kappa shape index (κ3) is 3.30. The van der Waals surface area contributed by atoms with E-state index in [1.54, 1.807) is 12.1 Å². The van der Waals surface area contributed by atoms with Crippen LogP contribution in [0.3, 0.4) is 0 Å². The lowest BCUT2D eigenvalue weighted by atomic mass is 10.1. The van der Waals surface area contributed by atoms with E-state index < -0.39 is 5.97 Å². The number of hydrogen-bond donors (Lipinski definition) is 1. The average molecular weight is 233 g/mol. The number of carboxylic acids is 1. The second-order valence-corrected chi connectivity index (χ2v) is 4.61. The molecule has 0 aromatic heterocycles. The van der Waals surface area contributed by atoms with E-state index in [4.69, 9.17) is 5.11 Å². The van der Waals surface area contributed by atoms with Gasteiger partial charge >= 0.3 is 5.97 Å². The molecule has 1 aliphatic rings. The van der Waals surface area contributed by atoms with Crippen molar-refractivity contribution in [2.75, 3.05) is 13.1 Å². The van der Waals surface area contributed by atoms with E-state index in [1.807, 2.05) is 12.1 Å². The van der Waals surface area contributed by atoms with Crippen molar-refractivity contribution in [2.24, 2.45) is 0 Å². The number of hydrogen-bond acceptors (Lipinski definition) is 2. The molecule has 0 heterocycles. The van der Waals surface area contributed by atoms with Gasteiger partial charge in [0.1, 0.15) is 0 Å². The molecule has 0 bridgehead atoms. The highest BCUT2D eigenvalue weighted by Crippen LogP contribution is 2.26. The van der Waals surface area contributed by atoms with Crippen LogP contribution in [0.4, 0.5) is 0 Å². The van der Waals surface area contributed by atoms with E-state index in [0.29, 0.717) is 5.56 Å². The fraction of sp³-hybridized carbons (Fsp3) is 0.500. The molecule has 1 N–H and O–H groups in total. The molecule has 3 heteroatoms. The third-order valence-electron chi connectivity index (χ3n) is 3.36. The summed E-state index contributed by atoms with van der Waals surface area (Å²) in [5.74, 6) is -0.857. The Morgan fingerprint density at radius 3 is 2.47 bits per heavy atom. The van der Waals surface area contributed by atoms with E-state index in [-0.39, 0.29) is 0 Å². The van der Waals surface area contributed by atoms with Crippen molar-refractivity contribution in [3.8, 4) is 0 Å². The van der Waals surface area contributed by atoms with Gasteiger partial charge in [0.2, 0.25) is 0 Å². The first-order chi connectivity index (χ1) is 8.20. The third-order valence-corrected chi connectivity index (χ3v) is 3.36. The van der Waals surface area contributed by atoms with Gasteiger partial charge in [0.25, 0.3) is 0 Å². The molecular weight excluding hydrogens is 214 g/mol. The van der Waals surface area contributed by atoms with E-state index >= 15 is 0 Å². The van der Waals surface area contributed by atoms with Crippen LogP contribution < -0.4 is 0 Å². The van der Waals surface area contributed by atoms with Crippen LogP contribution in [-0.2, 0) is 6.42 Å². The first-order valence-electron chi connectivity index (χ1n) is 6.27. The molecule has 0 saturated heterocycles. The normalized spacial score (nSPS) is 15.2. The Hall–Kier alpha value is -1.35. The number of rotatable bonds is 6. The summed E-state index contributed by atoms with van der Waals surface area (Å²) in [7, 11) is 0. The molecule has 17 heavy (non-hydrogen) atoms. The lowest BCUT2D eigenvalue weighted by Gasteiger charge is -2.19. The SMILES string of the molecule is CCN(CCc1ccc(C(=O)O)cc1)C1CC1. The summed E-state index contributed by atoms with van der Waals surface area (Å²) >= 11 is 0. The first kappa shape index (κ1) is 12.1. The zero-order chi connectivity index (χ0) is 12.3. The van der Waals surface area contributed by atoms with Crippen molar-refractivity contribution < 1.29 is 9.90 Å². The fourth-order valence-electron chi connectivity index (χ4n) is 2.13. The van der Waals surface area contributed by atoms with Crippen molar-refractivity contribution in [3.63, 3.8) is 0 Å². The minimum atomic E-state index is -0.857. The highest BCUT2D eigenvalue weighted by Gasteiger charge is 2.27. The summed E-state index contributed by atoms with van der Waals surface area (Å²) in [6.45, 7) is 4.39. The van der Waals surface area contributed by atoms with Gasteiger partial charge in [0.15, 0.2) is 0 Å². The zero-order valence-corrected chi connectivity index (χ0v) is 10.2. The molecule has 0 spiro atoms. The highest BCUT2D eigenvalue weighted by atomic mass is 16.4. The van der Waals surface area contributed by atoms with Crippen molar-refractivity contribution in [1.82, 2.24) is 4.90 Å². The Balaban J connectivity index is 1.87. The first-order valence-corrected chi connectivity index (χ1v) is 6.27. The van der Waals surface area contributed by atoms with E-state index in [9.17, 15) is 4.79 Å². The number of nitrogens with zero attached hydrogens (tertiary/aromatic N) is 1. The highest BCUT2D eigenvalue weighted by molar-refractivity contribution is 5.87. The second kappa shape index (κ2) is 5.32. The minimum absolute atomic E-state index is 0.364. The number of carbonyl (C=O) groups is 1. The molecule has 92 valence electrons. The molecule has 0 atom stereocenters. The van der Waals surface area contributed by atoms with Gasteiger partial charge in [0.05, 0.1) is 5.56 Å². The molecule has 0 aliphatic heterocycles. The Bertz CT molecular complexity index is 382. The van der Waals surface area contributed by atoms with Crippen molar-refractivity contribution in [3.05, 3.63) is 35.4 Å². The van der Waals surface area contributed by atoms with Crippen LogP contribution in [-0.4, -0.2) is 35.1 Å². The molecule has 1 aliphatic carbocycles. The Morgan fingerprint density at radius 1 is 1.35 bits per heavy atom. The Morgan fingerprint density at radius 2 is 2.00 bits per heavy atom. The molecule has 1 fully saturated rings. The summed E-state index contributed by atoms with van der Waals surface area (Å²) in [5.41, 5.74) is 1.58. The zero-order valence-electron chi connectivity index (χ0n) is 10.2. The molecule has 3 nitrogen and oxygen atoms in total. The molecular formula is C14H19NO2. The van der Waals surface area contributed by atoms with Gasteiger partial charge in [-0.15, -0.1) is 0 Å². The van der Waals surface area contributed by atoms with Crippen molar-refractivity contribution >= 4 is 5.97 Å². The summed E-state index contributed by atoms with van der Waals surface area (Å²) in [6, 6.07) is 8.02. The van der Waals surface area contributed by atoms with Gasteiger partial charge in [-0.05, 0) is 43.5 Å². The summed E-state index contributed by atoms with van der Waals surface area (Å²) < 4.78 is 0. The van der Waals surface area contributed by atoms with Crippen LogP contribution in [0, 0.1) is 0 Å². The number of benzene rings is 1. The number of aromatic carboxylic acids is 1. The quantitative estimate of drug-likeness (QED) is 0.820. The fourth-order valence-corrected chi connectivity index (χ4v) is 2.13. The molecule has 2 rings (SSSR count). The van der Waals surface area contributed by atoms with Crippen molar-refractivity contribution in [1.29, 1.82) is 0 Å². The van der Waals surface area contributed by atoms with Gasteiger partial charge in [-0.1, -0.05) is 19.1 Å². The van der Waals surface area contributed by atoms with Gasteiger partial charge in [-0.25, -0.2) is 4.79 Å². The van der Waals surface area contributed by atoms with Crippen molar-refractivity contribution in [2.45, 2.75) is 32.2 Å². The van der Waals surface area contributed by atoms with E-state index in [1.165, 1.54) is 18.4 Å². The molecule has 0 amide bonds. The maximum atomic E-state index is 10.7. The van der Waals surface area contributed by atoms with E-state index in [2.05, 4.69) is 11.8 Å². The van der Waals surface area contributed by atoms with Gasteiger partial charge < -0.3 is 10.0 Å². The largest absolute Gasteiger partial charge is 0.478 e. The van der Waals surface area contributed by atoms with Crippen LogP contribution in [0.1, 0.15) is 35.7 Å². The summed E-state index contributed by atoms with van der Waals surface area (Å²) in [5, 5.41) is 8.80. The molecule has 0 radical (unpaired) electrons. The second-order valence-electron chi connectivity index (χ2n) is 4.61. The standard InChI is InChI=1S/C14H19NO2/c1-2-15(13-7-8-13)10-9-11-3-5-12(6-4-11)14(16)17/h3-6,13H,2,7-10H2,1H3,(H,16,17). The van der Waals surface area contributed by atoms with Crippen LogP contribution in [0.25, 0.3) is 0 Å². The van der Waals surface area contributed by atoms with Gasteiger partial charge in [0, 0.05) is 12.6 Å². The lowest BCUT2D eigenvalue weighted by Crippen LogP contribution is -2.27. The number of likely N-dealkylation sites (N-methyl/N-ethyl adjacent to an activating group) is 1. The van der Waals surface area contributed by atoms with Gasteiger partial charge in [-0.3, -0.25) is 0 Å². The molecule has 1 aromatic carbocycles. The van der Waals surface area contributed by atoms with Gasteiger partial charge in [-0.2, -0.15) is 0 Å². The monoisotopic (exact) mass is 233 g/mol. The van der Waals surface area contributed by atoms with Crippen LogP contribution in [0.5, 0.6) is 0 Å². The molecule has 1 saturated carbocycles. The maximum absolute atomic E-state index is 10.7. The van der Waals surface area contributed by atoms with E-state index in [0.717, 1.165) is 25.6 Å². The predicted molar refractivity (Wildman–Crippen MR) is 67.4 cm³/mol. The molecule has 1 aromatic rings. The van der Waals surface area contributed by atoms with Crippen LogP contribution in [0.15, 0.2) is 24.3 Å². The lowest BCUT2D eigenvalue weighted by molar-refractivity contribution is 0.0697. The predicted octanol–water partition coefficient (Wildman–Crippen LogP) is 2.41. The maximum Gasteiger partial charge on any atom is 0.335 e. The Kier molecular flexibility index (Phi) is 3.79. The minimum Gasteiger partial charge on any atom is -0.478 e. The number of carboxylic acid groups (broad SMARTS) is 1. The van der Waals surface area contributed by atoms with Crippen LogP contribution >= 0.6 is 0 Å². The molecule has 0 unspecified atom stereocenters.